The van der Waals surface area contributed by atoms with E-state index in [1.165, 1.54) is 18.2 Å². The Labute approximate surface area is 125 Å². The molecule has 2 aromatic rings. The molecule has 0 spiro atoms. The van der Waals surface area contributed by atoms with Crippen LogP contribution < -0.4 is 11.1 Å². The standard InChI is InChI=1S/C14H10Cl2FN3/c15-8-1-4-13(19)10(5-8)14(7-18)20-9-2-3-12(17)11(16)6-9/h1-6,14,20H,19H2. The molecule has 102 valence electrons. The van der Waals surface area contributed by atoms with Gasteiger partial charge in [0.15, 0.2) is 0 Å². The van der Waals surface area contributed by atoms with E-state index >= 15 is 0 Å². The van der Waals surface area contributed by atoms with Crippen molar-refractivity contribution in [3.8, 4) is 6.07 Å². The second kappa shape index (κ2) is 6.00. The summed E-state index contributed by atoms with van der Waals surface area (Å²) in [6.45, 7) is 0. The molecule has 0 bridgehead atoms. The summed E-state index contributed by atoms with van der Waals surface area (Å²) in [5.74, 6) is -0.520. The van der Waals surface area contributed by atoms with Crippen molar-refractivity contribution in [2.24, 2.45) is 0 Å². The number of hydrogen-bond acceptors (Lipinski definition) is 3. The molecule has 20 heavy (non-hydrogen) atoms. The molecule has 0 saturated heterocycles. The molecule has 0 amide bonds. The Morgan fingerprint density at radius 3 is 2.60 bits per heavy atom. The highest BCUT2D eigenvalue weighted by molar-refractivity contribution is 6.31. The molecule has 2 rings (SSSR count). The Bertz CT molecular complexity index is 683. The van der Waals surface area contributed by atoms with Gasteiger partial charge in [0.05, 0.1) is 11.1 Å². The normalized spacial score (nSPS) is 11.7. The molecule has 0 aliphatic heterocycles. The lowest BCUT2D eigenvalue weighted by Crippen LogP contribution is -2.11. The fourth-order valence-electron chi connectivity index (χ4n) is 1.73. The van der Waals surface area contributed by atoms with Gasteiger partial charge in [-0.25, -0.2) is 4.39 Å². The Morgan fingerprint density at radius 2 is 1.95 bits per heavy atom. The molecule has 0 saturated carbocycles. The average molecular weight is 310 g/mol. The van der Waals surface area contributed by atoms with Crippen LogP contribution in [0.5, 0.6) is 0 Å². The smallest absolute Gasteiger partial charge is 0.142 e. The van der Waals surface area contributed by atoms with Crippen LogP contribution in [0.3, 0.4) is 0 Å². The topological polar surface area (TPSA) is 61.8 Å². The minimum atomic E-state index is -0.713. The van der Waals surface area contributed by atoms with Crippen LogP contribution in [0.1, 0.15) is 11.6 Å². The van der Waals surface area contributed by atoms with Crippen LogP contribution in [0, 0.1) is 17.1 Å². The number of hydrogen-bond donors (Lipinski definition) is 2. The maximum absolute atomic E-state index is 13.1. The van der Waals surface area contributed by atoms with Crippen molar-refractivity contribution in [2.45, 2.75) is 6.04 Å². The molecule has 0 aliphatic carbocycles. The van der Waals surface area contributed by atoms with Gasteiger partial charge < -0.3 is 11.1 Å². The van der Waals surface area contributed by atoms with E-state index in [2.05, 4.69) is 11.4 Å². The van der Waals surface area contributed by atoms with Crippen molar-refractivity contribution in [2.75, 3.05) is 11.1 Å². The van der Waals surface area contributed by atoms with Gasteiger partial charge in [-0.05, 0) is 36.4 Å². The first-order valence-corrected chi connectivity index (χ1v) is 6.43. The van der Waals surface area contributed by atoms with Gasteiger partial charge in [-0.3, -0.25) is 0 Å². The molecule has 0 heterocycles. The van der Waals surface area contributed by atoms with Crippen molar-refractivity contribution in [1.29, 1.82) is 5.26 Å². The largest absolute Gasteiger partial charge is 0.398 e. The van der Waals surface area contributed by atoms with Crippen LogP contribution in [0.2, 0.25) is 10.0 Å². The molecule has 3 N–H and O–H groups in total. The van der Waals surface area contributed by atoms with E-state index in [9.17, 15) is 9.65 Å². The van der Waals surface area contributed by atoms with E-state index in [0.717, 1.165) is 0 Å². The first-order chi connectivity index (χ1) is 9.51. The molecule has 6 heteroatoms. The lowest BCUT2D eigenvalue weighted by atomic mass is 10.1. The van der Waals surface area contributed by atoms with Crippen molar-refractivity contribution in [1.82, 2.24) is 0 Å². The lowest BCUT2D eigenvalue weighted by molar-refractivity contribution is 0.628. The van der Waals surface area contributed by atoms with E-state index in [-0.39, 0.29) is 5.02 Å². The van der Waals surface area contributed by atoms with Crippen molar-refractivity contribution >= 4 is 34.6 Å². The van der Waals surface area contributed by atoms with Crippen molar-refractivity contribution in [3.05, 3.63) is 57.8 Å². The van der Waals surface area contributed by atoms with Gasteiger partial charge in [-0.15, -0.1) is 0 Å². The van der Waals surface area contributed by atoms with Crippen LogP contribution in [0.15, 0.2) is 36.4 Å². The molecule has 3 nitrogen and oxygen atoms in total. The number of nitrogens with one attached hydrogen (secondary N) is 1. The summed E-state index contributed by atoms with van der Waals surface area (Å²) in [5.41, 5.74) is 7.36. The zero-order chi connectivity index (χ0) is 14.7. The summed E-state index contributed by atoms with van der Waals surface area (Å²) in [5, 5.41) is 12.6. The van der Waals surface area contributed by atoms with E-state index < -0.39 is 11.9 Å². The second-order valence-corrected chi connectivity index (χ2v) is 4.95. The van der Waals surface area contributed by atoms with E-state index in [4.69, 9.17) is 28.9 Å². The zero-order valence-electron chi connectivity index (χ0n) is 10.2. The summed E-state index contributed by atoms with van der Waals surface area (Å²) in [6, 6.07) is 10.4. The van der Waals surface area contributed by atoms with Gasteiger partial charge in [-0.2, -0.15) is 5.26 Å². The van der Waals surface area contributed by atoms with Gasteiger partial charge in [-0.1, -0.05) is 23.2 Å². The Morgan fingerprint density at radius 1 is 1.20 bits per heavy atom. The molecular formula is C14H10Cl2FN3. The molecule has 0 aromatic heterocycles. The molecule has 1 atom stereocenters. The van der Waals surface area contributed by atoms with Crippen LogP contribution in [-0.4, -0.2) is 0 Å². The number of nitrogens with two attached hydrogens (primary N) is 1. The monoisotopic (exact) mass is 309 g/mol. The number of anilines is 2. The van der Waals surface area contributed by atoms with Gasteiger partial charge >= 0.3 is 0 Å². The quantitative estimate of drug-likeness (QED) is 0.826. The summed E-state index contributed by atoms with van der Waals surface area (Å²) >= 11 is 11.6. The lowest BCUT2D eigenvalue weighted by Gasteiger charge is -2.16. The third kappa shape index (κ3) is 3.13. The van der Waals surface area contributed by atoms with E-state index in [0.29, 0.717) is 22.0 Å². The van der Waals surface area contributed by atoms with Crippen LogP contribution in [-0.2, 0) is 0 Å². The number of nitrogen functional groups attached to an aromatic ring is 1. The molecular weight excluding hydrogens is 300 g/mol. The van der Waals surface area contributed by atoms with Crippen LogP contribution in [0.4, 0.5) is 15.8 Å². The molecule has 0 aliphatic rings. The molecule has 0 radical (unpaired) electrons. The Balaban J connectivity index is 2.31. The van der Waals surface area contributed by atoms with Crippen molar-refractivity contribution < 1.29 is 4.39 Å². The van der Waals surface area contributed by atoms with Gasteiger partial charge in [0.2, 0.25) is 0 Å². The van der Waals surface area contributed by atoms with Gasteiger partial charge in [0.25, 0.3) is 0 Å². The van der Waals surface area contributed by atoms with E-state index in [1.807, 2.05) is 0 Å². The SMILES string of the molecule is N#CC(Nc1ccc(F)c(Cl)c1)c1cc(Cl)ccc1N. The highest BCUT2D eigenvalue weighted by Crippen LogP contribution is 2.28. The third-order valence-corrected chi connectivity index (χ3v) is 3.24. The first-order valence-electron chi connectivity index (χ1n) is 5.67. The second-order valence-electron chi connectivity index (χ2n) is 4.11. The Kier molecular flexibility index (Phi) is 4.33. The Hall–Kier alpha value is -1.96. The molecule has 2 aromatic carbocycles. The van der Waals surface area contributed by atoms with E-state index in [1.54, 1.807) is 18.2 Å². The summed E-state index contributed by atoms with van der Waals surface area (Å²) in [6.07, 6.45) is 0. The minimum absolute atomic E-state index is 0.0224. The first kappa shape index (κ1) is 14.4. The maximum atomic E-state index is 13.1. The minimum Gasteiger partial charge on any atom is -0.398 e. The molecule has 0 fully saturated rings. The molecule has 1 unspecified atom stereocenters. The summed E-state index contributed by atoms with van der Waals surface area (Å²) in [7, 11) is 0. The number of benzene rings is 2. The van der Waals surface area contributed by atoms with Gasteiger partial charge in [0.1, 0.15) is 11.9 Å². The number of halogens is 3. The highest BCUT2D eigenvalue weighted by Gasteiger charge is 2.14. The fourth-order valence-corrected chi connectivity index (χ4v) is 2.09. The zero-order valence-corrected chi connectivity index (χ0v) is 11.7. The number of nitriles is 1. The maximum Gasteiger partial charge on any atom is 0.142 e. The van der Waals surface area contributed by atoms with Crippen molar-refractivity contribution in [3.63, 3.8) is 0 Å². The van der Waals surface area contributed by atoms with Gasteiger partial charge in [0, 0.05) is 22.0 Å². The highest BCUT2D eigenvalue weighted by atomic mass is 35.5. The van der Waals surface area contributed by atoms with Crippen LogP contribution >= 0.6 is 23.2 Å². The van der Waals surface area contributed by atoms with Crippen LogP contribution in [0.25, 0.3) is 0 Å². The predicted octanol–water partition coefficient (Wildman–Crippen LogP) is 4.39. The summed E-state index contributed by atoms with van der Waals surface area (Å²) < 4.78 is 13.1. The number of rotatable bonds is 3. The average Bonchev–Trinajstić information content (AvgIpc) is 2.43. The predicted molar refractivity (Wildman–Crippen MR) is 79.3 cm³/mol. The summed E-state index contributed by atoms with van der Waals surface area (Å²) in [4.78, 5) is 0. The number of nitrogens with zero attached hydrogens (tertiary/aromatic N) is 1. The third-order valence-electron chi connectivity index (χ3n) is 2.72. The fraction of sp³-hybridized carbons (Fsp3) is 0.0714.